The summed E-state index contributed by atoms with van der Waals surface area (Å²) in [5, 5.41) is 0. The van der Waals surface area contributed by atoms with E-state index >= 15 is 0 Å². The SMILES string of the molecule is CC(CN)N(C)CCCN(C)C. The average Bonchev–Trinajstić information content (AvgIpc) is 2.02. The second-order valence-electron chi connectivity index (χ2n) is 3.72. The monoisotopic (exact) mass is 173 g/mol. The molecule has 0 aromatic carbocycles. The maximum absolute atomic E-state index is 5.55. The molecule has 0 amide bonds. The molecule has 0 aliphatic rings. The minimum absolute atomic E-state index is 0.507. The lowest BCUT2D eigenvalue weighted by Crippen LogP contribution is -2.36. The Morgan fingerprint density at radius 3 is 2.17 bits per heavy atom. The van der Waals surface area contributed by atoms with Crippen molar-refractivity contribution in [2.75, 3.05) is 40.8 Å². The topological polar surface area (TPSA) is 32.5 Å². The second-order valence-corrected chi connectivity index (χ2v) is 3.72. The highest BCUT2D eigenvalue weighted by Gasteiger charge is 2.05. The van der Waals surface area contributed by atoms with Gasteiger partial charge < -0.3 is 15.5 Å². The summed E-state index contributed by atoms with van der Waals surface area (Å²) in [7, 11) is 6.34. The highest BCUT2D eigenvalue weighted by Crippen LogP contribution is 1.95. The van der Waals surface area contributed by atoms with Gasteiger partial charge in [-0.1, -0.05) is 0 Å². The zero-order valence-corrected chi connectivity index (χ0v) is 8.88. The first-order valence-electron chi connectivity index (χ1n) is 4.63. The molecule has 0 heterocycles. The molecule has 2 N–H and O–H groups in total. The number of likely N-dealkylation sites (N-methyl/N-ethyl adjacent to an activating group) is 1. The van der Waals surface area contributed by atoms with Crippen LogP contribution in [0.25, 0.3) is 0 Å². The lowest BCUT2D eigenvalue weighted by atomic mass is 10.3. The van der Waals surface area contributed by atoms with Crippen molar-refractivity contribution < 1.29 is 0 Å². The van der Waals surface area contributed by atoms with Crippen molar-refractivity contribution in [2.45, 2.75) is 19.4 Å². The van der Waals surface area contributed by atoms with Gasteiger partial charge in [0.2, 0.25) is 0 Å². The van der Waals surface area contributed by atoms with Crippen LogP contribution in [-0.2, 0) is 0 Å². The molecule has 0 rings (SSSR count). The summed E-state index contributed by atoms with van der Waals surface area (Å²) in [6.07, 6.45) is 1.22. The van der Waals surface area contributed by atoms with Crippen molar-refractivity contribution in [1.29, 1.82) is 0 Å². The third-order valence-corrected chi connectivity index (χ3v) is 2.21. The second kappa shape index (κ2) is 6.40. The van der Waals surface area contributed by atoms with E-state index in [1.165, 1.54) is 6.42 Å². The van der Waals surface area contributed by atoms with E-state index in [4.69, 9.17) is 5.73 Å². The Kier molecular flexibility index (Phi) is 6.34. The molecule has 0 aliphatic carbocycles. The van der Waals surface area contributed by atoms with Gasteiger partial charge in [0.05, 0.1) is 0 Å². The van der Waals surface area contributed by atoms with Crippen LogP contribution in [0.4, 0.5) is 0 Å². The maximum atomic E-state index is 5.55. The largest absolute Gasteiger partial charge is 0.329 e. The third kappa shape index (κ3) is 5.52. The number of hydrogen-bond donors (Lipinski definition) is 1. The summed E-state index contributed by atoms with van der Waals surface area (Å²) in [5.41, 5.74) is 5.55. The predicted molar refractivity (Wildman–Crippen MR) is 54.3 cm³/mol. The molecule has 12 heavy (non-hydrogen) atoms. The Morgan fingerprint density at radius 1 is 1.17 bits per heavy atom. The smallest absolute Gasteiger partial charge is 0.0187 e. The standard InChI is InChI=1S/C9H23N3/c1-9(8-10)12(4)7-5-6-11(2)3/h9H,5-8,10H2,1-4H3. The highest BCUT2D eigenvalue weighted by molar-refractivity contribution is 4.63. The van der Waals surface area contributed by atoms with E-state index < -0.39 is 0 Å². The molecular formula is C9H23N3. The number of rotatable bonds is 6. The van der Waals surface area contributed by atoms with Crippen molar-refractivity contribution in [2.24, 2.45) is 5.73 Å². The van der Waals surface area contributed by atoms with Crippen LogP contribution in [-0.4, -0.2) is 56.6 Å². The lowest BCUT2D eigenvalue weighted by Gasteiger charge is -2.23. The Labute approximate surface area is 76.5 Å². The fourth-order valence-corrected chi connectivity index (χ4v) is 1.04. The van der Waals surface area contributed by atoms with Crippen LogP contribution in [0.5, 0.6) is 0 Å². The van der Waals surface area contributed by atoms with Crippen molar-refractivity contribution >= 4 is 0 Å². The van der Waals surface area contributed by atoms with E-state index in [-0.39, 0.29) is 0 Å². The van der Waals surface area contributed by atoms with Crippen molar-refractivity contribution in [3.05, 3.63) is 0 Å². The third-order valence-electron chi connectivity index (χ3n) is 2.21. The first-order chi connectivity index (χ1) is 5.57. The van der Waals surface area contributed by atoms with Gasteiger partial charge in [0.15, 0.2) is 0 Å². The average molecular weight is 173 g/mol. The highest BCUT2D eigenvalue weighted by atomic mass is 15.1. The Balaban J connectivity index is 3.37. The van der Waals surface area contributed by atoms with Gasteiger partial charge in [0.1, 0.15) is 0 Å². The van der Waals surface area contributed by atoms with Crippen LogP contribution < -0.4 is 5.73 Å². The Morgan fingerprint density at radius 2 is 1.75 bits per heavy atom. The molecule has 1 unspecified atom stereocenters. The molecule has 0 radical (unpaired) electrons. The molecule has 0 aromatic rings. The minimum atomic E-state index is 0.507. The van der Waals surface area contributed by atoms with E-state index in [0.29, 0.717) is 6.04 Å². The fourth-order valence-electron chi connectivity index (χ4n) is 1.04. The van der Waals surface area contributed by atoms with Gasteiger partial charge >= 0.3 is 0 Å². The predicted octanol–water partition coefficient (Wildman–Crippen LogP) is 0.217. The fraction of sp³-hybridized carbons (Fsp3) is 1.00. The van der Waals surface area contributed by atoms with Crippen LogP contribution in [0.15, 0.2) is 0 Å². The first-order valence-corrected chi connectivity index (χ1v) is 4.63. The van der Waals surface area contributed by atoms with E-state index in [1.807, 2.05) is 0 Å². The van der Waals surface area contributed by atoms with E-state index in [2.05, 4.69) is 37.9 Å². The molecule has 0 aromatic heterocycles. The van der Waals surface area contributed by atoms with Gasteiger partial charge in [-0.3, -0.25) is 0 Å². The summed E-state index contributed by atoms with van der Waals surface area (Å²) in [5.74, 6) is 0. The molecule has 0 saturated heterocycles. The van der Waals surface area contributed by atoms with E-state index in [0.717, 1.165) is 19.6 Å². The molecule has 3 nitrogen and oxygen atoms in total. The number of hydrogen-bond acceptors (Lipinski definition) is 3. The molecule has 3 heteroatoms. The Hall–Kier alpha value is -0.120. The van der Waals surface area contributed by atoms with Crippen LogP contribution in [0.3, 0.4) is 0 Å². The summed E-state index contributed by atoms with van der Waals surface area (Å²) in [6.45, 7) is 5.20. The quantitative estimate of drug-likeness (QED) is 0.623. The molecule has 0 spiro atoms. The summed E-state index contributed by atoms with van der Waals surface area (Å²) >= 11 is 0. The molecular weight excluding hydrogens is 150 g/mol. The van der Waals surface area contributed by atoms with Crippen molar-refractivity contribution in [1.82, 2.24) is 9.80 Å². The molecule has 0 saturated carbocycles. The van der Waals surface area contributed by atoms with Crippen molar-refractivity contribution in [3.8, 4) is 0 Å². The molecule has 0 bridgehead atoms. The first kappa shape index (κ1) is 11.9. The van der Waals surface area contributed by atoms with E-state index in [9.17, 15) is 0 Å². The lowest BCUT2D eigenvalue weighted by molar-refractivity contribution is 0.246. The van der Waals surface area contributed by atoms with Gasteiger partial charge in [-0.25, -0.2) is 0 Å². The van der Waals surface area contributed by atoms with Crippen LogP contribution in [0, 0.1) is 0 Å². The van der Waals surface area contributed by atoms with Crippen molar-refractivity contribution in [3.63, 3.8) is 0 Å². The zero-order chi connectivity index (χ0) is 9.56. The number of nitrogens with two attached hydrogens (primary N) is 1. The molecule has 0 aliphatic heterocycles. The van der Waals surface area contributed by atoms with Crippen LogP contribution >= 0.6 is 0 Å². The van der Waals surface area contributed by atoms with Gasteiger partial charge in [0.25, 0.3) is 0 Å². The normalized spacial score (nSPS) is 14.2. The molecule has 1 atom stereocenters. The maximum Gasteiger partial charge on any atom is 0.0187 e. The minimum Gasteiger partial charge on any atom is -0.329 e. The van der Waals surface area contributed by atoms with Gasteiger partial charge in [-0.05, 0) is 47.6 Å². The van der Waals surface area contributed by atoms with Gasteiger partial charge in [-0.15, -0.1) is 0 Å². The summed E-state index contributed by atoms with van der Waals surface area (Å²) in [6, 6.07) is 0.507. The summed E-state index contributed by atoms with van der Waals surface area (Å²) in [4.78, 5) is 4.52. The van der Waals surface area contributed by atoms with E-state index in [1.54, 1.807) is 0 Å². The molecule has 74 valence electrons. The summed E-state index contributed by atoms with van der Waals surface area (Å²) < 4.78 is 0. The molecule has 0 fully saturated rings. The van der Waals surface area contributed by atoms with Gasteiger partial charge in [-0.2, -0.15) is 0 Å². The van der Waals surface area contributed by atoms with Crippen LogP contribution in [0.2, 0.25) is 0 Å². The Bertz CT molecular complexity index is 104. The van der Waals surface area contributed by atoms with Gasteiger partial charge in [0, 0.05) is 12.6 Å². The number of nitrogens with zero attached hydrogens (tertiary/aromatic N) is 2. The van der Waals surface area contributed by atoms with Crippen LogP contribution in [0.1, 0.15) is 13.3 Å². The zero-order valence-electron chi connectivity index (χ0n) is 8.88.